The lowest BCUT2D eigenvalue weighted by Gasteiger charge is -2.11. The van der Waals surface area contributed by atoms with Gasteiger partial charge >= 0.3 is 0 Å². The van der Waals surface area contributed by atoms with Crippen molar-refractivity contribution in [2.24, 2.45) is 4.99 Å². The molecule has 0 saturated carbocycles. The summed E-state index contributed by atoms with van der Waals surface area (Å²) in [6, 6.07) is 1.71. The van der Waals surface area contributed by atoms with Gasteiger partial charge in [-0.25, -0.2) is 23.1 Å². The quantitative estimate of drug-likeness (QED) is 0.185. The molecular weight excluding hydrogens is 541 g/mol. The second kappa shape index (κ2) is 12.2. The molecule has 2 heterocycles. The molecule has 164 valence electrons. The van der Waals surface area contributed by atoms with E-state index in [-0.39, 0.29) is 30.5 Å². The molecule has 0 fully saturated rings. The van der Waals surface area contributed by atoms with Crippen LogP contribution in [0.5, 0.6) is 0 Å². The van der Waals surface area contributed by atoms with Gasteiger partial charge in [0.25, 0.3) is 0 Å². The summed E-state index contributed by atoms with van der Waals surface area (Å²) in [5, 5.41) is 9.35. The van der Waals surface area contributed by atoms with Gasteiger partial charge in [0.1, 0.15) is 5.01 Å². The Morgan fingerprint density at radius 3 is 2.52 bits per heavy atom. The van der Waals surface area contributed by atoms with Crippen LogP contribution in [0.4, 0.5) is 0 Å². The van der Waals surface area contributed by atoms with Crippen molar-refractivity contribution in [3.05, 3.63) is 31.9 Å². The van der Waals surface area contributed by atoms with Crippen LogP contribution in [0.1, 0.15) is 47.1 Å². The first-order valence-corrected chi connectivity index (χ1v) is 12.4. The van der Waals surface area contributed by atoms with Gasteiger partial charge in [0.15, 0.2) is 5.96 Å². The van der Waals surface area contributed by atoms with Gasteiger partial charge < -0.3 is 10.6 Å². The molecule has 0 spiro atoms. The molecular formula is C18H30IN5O2S3. The third-order valence-corrected chi connectivity index (χ3v) is 7.41. The maximum absolute atomic E-state index is 12.4. The second-order valence-corrected chi connectivity index (χ2v) is 10.8. The van der Waals surface area contributed by atoms with E-state index < -0.39 is 10.0 Å². The molecule has 0 bridgehead atoms. The number of thiophene rings is 1. The number of aliphatic imine (C=N–C) groups is 1. The lowest BCUT2D eigenvalue weighted by Crippen LogP contribution is -2.41. The minimum absolute atomic E-state index is 0. The second-order valence-electron chi connectivity index (χ2n) is 6.62. The zero-order chi connectivity index (χ0) is 20.7. The molecule has 2 aromatic rings. The molecule has 7 nitrogen and oxygen atoms in total. The Balaban J connectivity index is 0.00000420. The summed E-state index contributed by atoms with van der Waals surface area (Å²) in [7, 11) is -3.49. The fourth-order valence-corrected chi connectivity index (χ4v) is 5.93. The summed E-state index contributed by atoms with van der Waals surface area (Å²) in [6.07, 6.45) is 0. The van der Waals surface area contributed by atoms with Crippen LogP contribution in [-0.4, -0.2) is 39.0 Å². The number of halogens is 1. The van der Waals surface area contributed by atoms with E-state index in [2.05, 4.69) is 44.6 Å². The highest BCUT2D eigenvalue weighted by atomic mass is 127. The van der Waals surface area contributed by atoms with Crippen molar-refractivity contribution < 1.29 is 8.42 Å². The van der Waals surface area contributed by atoms with Gasteiger partial charge in [-0.15, -0.1) is 46.7 Å². The molecule has 0 atom stereocenters. The van der Waals surface area contributed by atoms with E-state index in [1.807, 2.05) is 20.8 Å². The predicted octanol–water partition coefficient (Wildman–Crippen LogP) is 3.60. The van der Waals surface area contributed by atoms with E-state index >= 15 is 0 Å². The van der Waals surface area contributed by atoms with Crippen LogP contribution in [0.25, 0.3) is 0 Å². The van der Waals surface area contributed by atoms with Crippen molar-refractivity contribution in [3.8, 4) is 0 Å². The van der Waals surface area contributed by atoms with Crippen LogP contribution in [0.15, 0.2) is 21.3 Å². The highest BCUT2D eigenvalue weighted by Gasteiger charge is 2.18. The smallest absolute Gasteiger partial charge is 0.241 e. The van der Waals surface area contributed by atoms with Crippen LogP contribution in [-0.2, 0) is 16.6 Å². The Kier molecular flexibility index (Phi) is 11.0. The van der Waals surface area contributed by atoms with E-state index in [9.17, 15) is 8.42 Å². The third-order valence-electron chi connectivity index (χ3n) is 3.87. The van der Waals surface area contributed by atoms with E-state index in [1.165, 1.54) is 11.3 Å². The SMILES string of the molecule is CCNC(=NCc1nc(C(C)C)cs1)NCCNS(=O)(=O)c1cc(C)sc1C.I. The molecule has 0 aliphatic carbocycles. The van der Waals surface area contributed by atoms with E-state index in [0.717, 1.165) is 27.0 Å². The number of aryl methyl sites for hydroxylation is 2. The fourth-order valence-electron chi connectivity index (χ4n) is 2.47. The number of sulfonamides is 1. The molecule has 0 radical (unpaired) electrons. The Morgan fingerprint density at radius 2 is 1.97 bits per heavy atom. The van der Waals surface area contributed by atoms with Gasteiger partial charge in [-0.05, 0) is 32.8 Å². The third kappa shape index (κ3) is 8.12. The van der Waals surface area contributed by atoms with Gasteiger partial charge in [0.05, 0.1) is 17.1 Å². The van der Waals surface area contributed by atoms with Crippen LogP contribution >= 0.6 is 46.7 Å². The Bertz CT molecular complexity index is 906. The van der Waals surface area contributed by atoms with Gasteiger partial charge in [0.2, 0.25) is 10.0 Å². The Morgan fingerprint density at radius 1 is 1.24 bits per heavy atom. The first kappa shape index (κ1) is 26.3. The molecule has 3 N–H and O–H groups in total. The molecule has 0 aliphatic heterocycles. The normalized spacial score (nSPS) is 12.1. The number of guanidine groups is 1. The van der Waals surface area contributed by atoms with Gasteiger partial charge in [-0.2, -0.15) is 0 Å². The summed E-state index contributed by atoms with van der Waals surface area (Å²) in [4.78, 5) is 11.3. The highest BCUT2D eigenvalue weighted by Crippen LogP contribution is 2.24. The lowest BCUT2D eigenvalue weighted by atomic mass is 10.2. The van der Waals surface area contributed by atoms with Crippen molar-refractivity contribution in [2.75, 3.05) is 19.6 Å². The van der Waals surface area contributed by atoms with Crippen LogP contribution in [0.2, 0.25) is 0 Å². The lowest BCUT2D eigenvalue weighted by molar-refractivity contribution is 0.580. The number of nitrogens with one attached hydrogen (secondary N) is 3. The Labute approximate surface area is 198 Å². The molecule has 0 amide bonds. The van der Waals surface area contributed by atoms with Crippen molar-refractivity contribution in [1.29, 1.82) is 0 Å². The van der Waals surface area contributed by atoms with Crippen LogP contribution in [0, 0.1) is 13.8 Å². The predicted molar refractivity (Wildman–Crippen MR) is 133 cm³/mol. The fraction of sp³-hybridized carbons (Fsp3) is 0.556. The van der Waals surface area contributed by atoms with Gasteiger partial charge in [-0.3, -0.25) is 0 Å². The van der Waals surface area contributed by atoms with Crippen molar-refractivity contribution in [3.63, 3.8) is 0 Å². The zero-order valence-corrected chi connectivity index (χ0v) is 22.2. The van der Waals surface area contributed by atoms with Crippen molar-refractivity contribution in [2.45, 2.75) is 52.0 Å². The van der Waals surface area contributed by atoms with Gasteiger partial charge in [-0.1, -0.05) is 13.8 Å². The van der Waals surface area contributed by atoms with Crippen molar-refractivity contribution in [1.82, 2.24) is 20.3 Å². The molecule has 0 aromatic carbocycles. The topological polar surface area (TPSA) is 95.5 Å². The molecule has 0 unspecified atom stereocenters. The number of rotatable bonds is 9. The highest BCUT2D eigenvalue weighted by molar-refractivity contribution is 14.0. The largest absolute Gasteiger partial charge is 0.357 e. The summed E-state index contributed by atoms with van der Waals surface area (Å²) < 4.78 is 27.5. The minimum atomic E-state index is -3.49. The number of nitrogens with zero attached hydrogens (tertiary/aromatic N) is 2. The summed E-state index contributed by atoms with van der Waals surface area (Å²) in [6.45, 7) is 11.9. The minimum Gasteiger partial charge on any atom is -0.357 e. The van der Waals surface area contributed by atoms with E-state index in [4.69, 9.17) is 0 Å². The van der Waals surface area contributed by atoms with E-state index in [1.54, 1.807) is 17.4 Å². The zero-order valence-electron chi connectivity index (χ0n) is 17.4. The standard InChI is InChI=1S/C18H29N5O2S3.HI/c1-6-19-18(21-10-17-23-15(11-26-17)12(2)3)20-7-8-22-28(24,25)16-9-13(4)27-14(16)5;/h9,11-12,22H,6-8,10H2,1-5H3,(H2,19,20,21);1H. The summed E-state index contributed by atoms with van der Waals surface area (Å²) >= 11 is 3.09. The number of thiazole rings is 1. The number of aromatic nitrogens is 1. The first-order chi connectivity index (χ1) is 13.2. The monoisotopic (exact) mass is 571 g/mol. The molecule has 29 heavy (non-hydrogen) atoms. The van der Waals surface area contributed by atoms with Gasteiger partial charge in [0, 0.05) is 34.8 Å². The number of hydrogen-bond acceptors (Lipinski definition) is 6. The average Bonchev–Trinajstić information content (AvgIpc) is 3.23. The maximum Gasteiger partial charge on any atom is 0.241 e. The van der Waals surface area contributed by atoms with Crippen LogP contribution in [0.3, 0.4) is 0 Å². The summed E-state index contributed by atoms with van der Waals surface area (Å²) in [5.74, 6) is 1.05. The molecule has 11 heteroatoms. The van der Waals surface area contributed by atoms with E-state index in [0.29, 0.717) is 29.9 Å². The summed E-state index contributed by atoms with van der Waals surface area (Å²) in [5.41, 5.74) is 1.08. The molecule has 0 aliphatic rings. The maximum atomic E-state index is 12.4. The average molecular weight is 572 g/mol. The molecule has 2 aromatic heterocycles. The van der Waals surface area contributed by atoms with Crippen LogP contribution < -0.4 is 15.4 Å². The van der Waals surface area contributed by atoms with Crippen molar-refractivity contribution >= 4 is 62.6 Å². The first-order valence-electron chi connectivity index (χ1n) is 9.26. The molecule has 2 rings (SSSR count). The number of hydrogen-bond donors (Lipinski definition) is 3. The Hall–Kier alpha value is -0.760. The molecule has 0 saturated heterocycles.